The second-order valence-corrected chi connectivity index (χ2v) is 12.1. The summed E-state index contributed by atoms with van der Waals surface area (Å²) in [6, 6.07) is 56.8. The second kappa shape index (κ2) is 9.80. The van der Waals surface area contributed by atoms with Crippen LogP contribution >= 0.6 is 0 Å². The summed E-state index contributed by atoms with van der Waals surface area (Å²) in [4.78, 5) is 14.8. The second-order valence-electron chi connectivity index (χ2n) is 12.1. The molecule has 0 fully saturated rings. The van der Waals surface area contributed by atoms with Gasteiger partial charge in [-0.25, -0.2) is 0 Å². The molecule has 0 radical (unpaired) electrons. The highest BCUT2D eigenvalue weighted by Crippen LogP contribution is 2.42. The van der Waals surface area contributed by atoms with E-state index >= 15 is 0 Å². The molecule has 3 aromatic heterocycles. The minimum absolute atomic E-state index is 0.0247. The Bertz CT molecular complexity index is 2900. The van der Waals surface area contributed by atoms with E-state index in [-0.39, 0.29) is 5.56 Å². The van der Waals surface area contributed by atoms with Gasteiger partial charge < -0.3 is 9.13 Å². The van der Waals surface area contributed by atoms with Gasteiger partial charge in [0.25, 0.3) is 5.56 Å². The van der Waals surface area contributed by atoms with E-state index in [1.165, 1.54) is 0 Å². The third-order valence-electron chi connectivity index (χ3n) is 9.62. The quantitative estimate of drug-likeness (QED) is 0.185. The zero-order valence-corrected chi connectivity index (χ0v) is 25.3. The van der Waals surface area contributed by atoms with Crippen LogP contribution < -0.4 is 5.56 Å². The lowest BCUT2D eigenvalue weighted by Crippen LogP contribution is -2.19. The molecule has 0 aliphatic carbocycles. The van der Waals surface area contributed by atoms with Crippen molar-refractivity contribution in [2.75, 3.05) is 0 Å². The molecule has 0 aliphatic rings. The molecule has 0 N–H and O–H groups in total. The molecule has 7 aromatic carbocycles. The van der Waals surface area contributed by atoms with Gasteiger partial charge in [-0.05, 0) is 72.8 Å². The van der Waals surface area contributed by atoms with Gasteiger partial charge in [0.05, 0.1) is 27.6 Å². The average molecular weight is 602 g/mol. The lowest BCUT2D eigenvalue weighted by molar-refractivity contribution is 1.06. The van der Waals surface area contributed by atoms with Crippen LogP contribution in [0.3, 0.4) is 0 Å². The Kier molecular flexibility index (Phi) is 5.40. The molecule has 10 aromatic rings. The molecule has 0 unspecified atom stereocenters. The Labute approximate surface area is 269 Å². The van der Waals surface area contributed by atoms with E-state index in [0.717, 1.165) is 77.0 Å². The van der Waals surface area contributed by atoms with Crippen molar-refractivity contribution in [2.24, 2.45) is 0 Å². The molecule has 0 amide bonds. The Morgan fingerprint density at radius 1 is 0.298 bits per heavy atom. The zero-order valence-electron chi connectivity index (χ0n) is 25.3. The van der Waals surface area contributed by atoms with Crippen LogP contribution in [0.4, 0.5) is 0 Å². The van der Waals surface area contributed by atoms with E-state index in [9.17, 15) is 4.79 Å². The number of rotatable bonds is 3. The summed E-state index contributed by atoms with van der Waals surface area (Å²) in [6.45, 7) is 0. The molecular formula is C43H27N3O. The third kappa shape index (κ3) is 3.61. The summed E-state index contributed by atoms with van der Waals surface area (Å²) < 4.78 is 6.56. The zero-order chi connectivity index (χ0) is 31.1. The summed E-state index contributed by atoms with van der Waals surface area (Å²) in [7, 11) is 0. The van der Waals surface area contributed by atoms with Crippen LogP contribution in [-0.4, -0.2) is 13.7 Å². The van der Waals surface area contributed by atoms with E-state index in [0.29, 0.717) is 5.39 Å². The molecule has 47 heavy (non-hydrogen) atoms. The molecule has 0 saturated carbocycles. The highest BCUT2D eigenvalue weighted by molar-refractivity contribution is 6.29. The van der Waals surface area contributed by atoms with E-state index in [2.05, 4.69) is 130 Å². The fraction of sp³-hybridized carbons (Fsp3) is 0. The molecule has 0 bridgehead atoms. The van der Waals surface area contributed by atoms with Crippen LogP contribution in [0.1, 0.15) is 0 Å². The maximum absolute atomic E-state index is 14.8. The number of pyridine rings is 1. The molecule has 4 nitrogen and oxygen atoms in total. The normalized spacial score (nSPS) is 11.9. The minimum Gasteiger partial charge on any atom is -0.309 e. The van der Waals surface area contributed by atoms with Crippen molar-refractivity contribution in [1.29, 1.82) is 0 Å². The smallest absolute Gasteiger partial charge is 0.263 e. The van der Waals surface area contributed by atoms with Gasteiger partial charge in [-0.1, -0.05) is 91.0 Å². The maximum Gasteiger partial charge on any atom is 0.263 e. The number of fused-ring (bicyclic) bond motifs is 10. The third-order valence-corrected chi connectivity index (χ3v) is 9.62. The van der Waals surface area contributed by atoms with E-state index in [1.54, 1.807) is 0 Å². The van der Waals surface area contributed by atoms with Crippen molar-refractivity contribution in [3.63, 3.8) is 0 Å². The number of hydrogen-bond donors (Lipinski definition) is 0. The first-order valence-electron chi connectivity index (χ1n) is 15.9. The van der Waals surface area contributed by atoms with Gasteiger partial charge in [-0.3, -0.25) is 9.36 Å². The van der Waals surface area contributed by atoms with E-state index in [1.807, 2.05) is 47.0 Å². The van der Waals surface area contributed by atoms with Crippen LogP contribution in [0, 0.1) is 0 Å². The molecule has 220 valence electrons. The lowest BCUT2D eigenvalue weighted by atomic mass is 9.98. The summed E-state index contributed by atoms with van der Waals surface area (Å²) in [5, 5.41) is 7.19. The first kappa shape index (κ1) is 25.9. The molecule has 0 saturated heterocycles. The van der Waals surface area contributed by atoms with Crippen molar-refractivity contribution in [3.05, 3.63) is 174 Å². The average Bonchev–Trinajstić information content (AvgIpc) is 3.65. The van der Waals surface area contributed by atoms with Crippen LogP contribution in [0.2, 0.25) is 0 Å². The van der Waals surface area contributed by atoms with Crippen molar-refractivity contribution < 1.29 is 0 Å². The largest absolute Gasteiger partial charge is 0.309 e. The van der Waals surface area contributed by atoms with Crippen LogP contribution in [0.15, 0.2) is 169 Å². The fourth-order valence-corrected chi connectivity index (χ4v) is 7.68. The molecular weight excluding hydrogens is 574 g/mol. The number of para-hydroxylation sites is 5. The molecule has 4 heteroatoms. The van der Waals surface area contributed by atoms with Gasteiger partial charge in [-0.2, -0.15) is 0 Å². The fourth-order valence-electron chi connectivity index (χ4n) is 7.68. The van der Waals surface area contributed by atoms with Gasteiger partial charge in [0.15, 0.2) is 0 Å². The van der Waals surface area contributed by atoms with Crippen molar-refractivity contribution in [1.82, 2.24) is 13.7 Å². The Hall–Kier alpha value is -6.39. The van der Waals surface area contributed by atoms with Crippen molar-refractivity contribution in [2.45, 2.75) is 0 Å². The van der Waals surface area contributed by atoms with Crippen LogP contribution in [0.25, 0.3) is 82.3 Å². The topological polar surface area (TPSA) is 31.9 Å². The summed E-state index contributed by atoms with van der Waals surface area (Å²) in [5.74, 6) is 0. The van der Waals surface area contributed by atoms with Gasteiger partial charge >= 0.3 is 0 Å². The predicted octanol–water partition coefficient (Wildman–Crippen LogP) is 10.3. The summed E-state index contributed by atoms with van der Waals surface area (Å²) in [5.41, 5.74) is 8.33. The summed E-state index contributed by atoms with van der Waals surface area (Å²) >= 11 is 0. The minimum atomic E-state index is -0.0247. The van der Waals surface area contributed by atoms with Gasteiger partial charge in [0.1, 0.15) is 0 Å². The molecule has 0 aliphatic heterocycles. The van der Waals surface area contributed by atoms with E-state index < -0.39 is 0 Å². The number of nitrogens with zero attached hydrogens (tertiary/aromatic N) is 3. The van der Waals surface area contributed by atoms with Crippen LogP contribution in [0.5, 0.6) is 0 Å². The number of benzene rings is 7. The number of aromatic nitrogens is 3. The highest BCUT2D eigenvalue weighted by atomic mass is 16.1. The Morgan fingerprint density at radius 3 is 1.40 bits per heavy atom. The maximum atomic E-state index is 14.8. The van der Waals surface area contributed by atoms with Gasteiger partial charge in [-0.15, -0.1) is 0 Å². The van der Waals surface area contributed by atoms with Crippen LogP contribution in [-0.2, 0) is 0 Å². The molecule has 0 spiro atoms. The monoisotopic (exact) mass is 601 g/mol. The number of hydrogen-bond acceptors (Lipinski definition) is 1. The van der Waals surface area contributed by atoms with Crippen molar-refractivity contribution in [3.8, 4) is 17.1 Å². The Balaban J connectivity index is 1.49. The van der Waals surface area contributed by atoms with E-state index in [4.69, 9.17) is 0 Å². The standard InChI is InChI=1S/C43H27N3O/c47-43-33-24-25-38-42(32-21-11-13-23-37(32)44(38)28-14-4-1-5-15-28)41(33)35-27-39-34(26-40(35)46(43)30-18-8-3-9-19-30)31-20-10-12-22-36(31)45(39)29-16-6-2-7-17-29/h1-27H. The Morgan fingerprint density at radius 2 is 0.766 bits per heavy atom. The molecule has 3 heterocycles. The first-order chi connectivity index (χ1) is 23.3. The van der Waals surface area contributed by atoms with Crippen molar-refractivity contribution >= 4 is 65.3 Å². The summed E-state index contributed by atoms with van der Waals surface area (Å²) in [6.07, 6.45) is 0. The van der Waals surface area contributed by atoms with Gasteiger partial charge in [0.2, 0.25) is 0 Å². The predicted molar refractivity (Wildman–Crippen MR) is 196 cm³/mol. The molecule has 0 atom stereocenters. The first-order valence-corrected chi connectivity index (χ1v) is 15.9. The lowest BCUT2D eigenvalue weighted by Gasteiger charge is -2.16. The van der Waals surface area contributed by atoms with Gasteiger partial charge in [0, 0.05) is 54.8 Å². The SMILES string of the molecule is O=c1c2ccc3c(c4ccccc4n3-c3ccccc3)c2c2cc3c(cc2n1-c1ccccc1)c1ccccc1n3-c1ccccc1. The molecule has 10 rings (SSSR count). The highest BCUT2D eigenvalue weighted by Gasteiger charge is 2.22.